The molecule has 10 heteroatoms. The zero-order chi connectivity index (χ0) is 17.8. The summed E-state index contributed by atoms with van der Waals surface area (Å²) in [6, 6.07) is 5.16. The lowest BCUT2D eigenvalue weighted by Crippen LogP contribution is -2.34. The Hall–Kier alpha value is -1.52. The maximum absolute atomic E-state index is 13.1. The molecule has 0 amide bonds. The molecule has 1 aromatic carbocycles. The fraction of sp³-hybridized carbons (Fsp3) is 0.333. The van der Waals surface area contributed by atoms with Gasteiger partial charge < -0.3 is 9.63 Å². The molecule has 1 aliphatic heterocycles. The second kappa shape index (κ2) is 5.75. The van der Waals surface area contributed by atoms with Gasteiger partial charge in [-0.25, -0.2) is 8.42 Å². The zero-order valence-electron chi connectivity index (χ0n) is 13.1. The second-order valence-electron chi connectivity index (χ2n) is 6.01. The number of β-amino-alcohol motifs (C(OH)–C–C–N with tert-alkyl or cyclic N) is 1. The van der Waals surface area contributed by atoms with Crippen molar-refractivity contribution in [1.82, 2.24) is 14.4 Å². The maximum atomic E-state index is 13.1. The lowest BCUT2D eigenvalue weighted by molar-refractivity contribution is 0.0194. The summed E-state index contributed by atoms with van der Waals surface area (Å²) < 4.78 is 33.2. The van der Waals surface area contributed by atoms with Gasteiger partial charge in [-0.2, -0.15) is 9.29 Å². The molecule has 1 unspecified atom stereocenters. The Labute approximate surface area is 152 Å². The van der Waals surface area contributed by atoms with E-state index in [1.165, 1.54) is 15.6 Å². The molecule has 132 valence electrons. The number of nitrogens with zero attached hydrogens (tertiary/aromatic N) is 3. The fourth-order valence-corrected chi connectivity index (χ4v) is 6.05. The SMILES string of the molecule is Cc1noc(C2(O)CCN(S(=O)(=O)c3csc4ccc(Cl)cc34)C2)n1. The normalized spacial score (nSPS) is 22.0. The number of aliphatic hydroxyl groups is 1. The van der Waals surface area contributed by atoms with Crippen LogP contribution in [0, 0.1) is 6.92 Å². The average Bonchev–Trinajstić information content (AvgIpc) is 3.25. The molecule has 1 fully saturated rings. The largest absolute Gasteiger partial charge is 0.379 e. The van der Waals surface area contributed by atoms with Gasteiger partial charge in [-0.05, 0) is 25.1 Å². The summed E-state index contributed by atoms with van der Waals surface area (Å²) in [5, 5.41) is 17.1. The van der Waals surface area contributed by atoms with Crippen molar-refractivity contribution in [3.8, 4) is 0 Å². The van der Waals surface area contributed by atoms with Crippen LogP contribution in [-0.2, 0) is 15.6 Å². The van der Waals surface area contributed by atoms with E-state index in [1.807, 2.05) is 0 Å². The predicted octanol–water partition coefficient (Wildman–Crippen LogP) is 2.53. The van der Waals surface area contributed by atoms with Gasteiger partial charge in [0.2, 0.25) is 10.0 Å². The molecular weight excluding hydrogens is 386 g/mol. The van der Waals surface area contributed by atoms with Crippen molar-refractivity contribution in [3.63, 3.8) is 0 Å². The van der Waals surface area contributed by atoms with Gasteiger partial charge in [0.25, 0.3) is 5.89 Å². The highest BCUT2D eigenvalue weighted by atomic mass is 35.5. The molecular formula is C15H14ClN3O4S2. The Morgan fingerprint density at radius 2 is 2.24 bits per heavy atom. The fourth-order valence-electron chi connectivity index (χ4n) is 2.94. The molecule has 1 aliphatic rings. The van der Waals surface area contributed by atoms with Gasteiger partial charge >= 0.3 is 0 Å². The molecule has 3 heterocycles. The van der Waals surface area contributed by atoms with Gasteiger partial charge in [-0.3, -0.25) is 0 Å². The first-order valence-corrected chi connectivity index (χ1v) is 10.2. The summed E-state index contributed by atoms with van der Waals surface area (Å²) in [7, 11) is -3.78. The van der Waals surface area contributed by atoms with Crippen molar-refractivity contribution in [1.29, 1.82) is 0 Å². The van der Waals surface area contributed by atoms with Gasteiger partial charge in [0.1, 0.15) is 4.90 Å². The van der Waals surface area contributed by atoms with Gasteiger partial charge in [0.15, 0.2) is 11.4 Å². The molecule has 25 heavy (non-hydrogen) atoms. The lowest BCUT2D eigenvalue weighted by atomic mass is 10.0. The van der Waals surface area contributed by atoms with Crippen LogP contribution >= 0.6 is 22.9 Å². The summed E-state index contributed by atoms with van der Waals surface area (Å²) in [4.78, 5) is 4.24. The average molecular weight is 400 g/mol. The molecule has 0 aliphatic carbocycles. The first-order chi connectivity index (χ1) is 11.8. The zero-order valence-corrected chi connectivity index (χ0v) is 15.5. The number of fused-ring (bicyclic) bond motifs is 1. The summed E-state index contributed by atoms with van der Waals surface area (Å²) in [5.74, 6) is 0.434. The maximum Gasteiger partial charge on any atom is 0.260 e. The topological polar surface area (TPSA) is 96.5 Å². The van der Waals surface area contributed by atoms with E-state index in [4.69, 9.17) is 16.1 Å². The number of aromatic nitrogens is 2. The van der Waals surface area contributed by atoms with Crippen molar-refractivity contribution < 1.29 is 18.0 Å². The van der Waals surface area contributed by atoms with Crippen LogP contribution in [0.5, 0.6) is 0 Å². The van der Waals surface area contributed by atoms with Crippen LogP contribution < -0.4 is 0 Å². The minimum Gasteiger partial charge on any atom is -0.379 e. The molecule has 1 atom stereocenters. The number of sulfonamides is 1. The number of rotatable bonds is 3. The quantitative estimate of drug-likeness (QED) is 0.726. The Morgan fingerprint density at radius 1 is 1.44 bits per heavy atom. The van der Waals surface area contributed by atoms with Gasteiger partial charge in [-0.1, -0.05) is 16.8 Å². The summed E-state index contributed by atoms with van der Waals surface area (Å²) in [6.07, 6.45) is 0.191. The molecule has 0 bridgehead atoms. The molecule has 2 aromatic heterocycles. The van der Waals surface area contributed by atoms with Gasteiger partial charge in [0, 0.05) is 33.5 Å². The van der Waals surface area contributed by atoms with Crippen molar-refractivity contribution in [3.05, 3.63) is 40.3 Å². The third-order valence-electron chi connectivity index (χ3n) is 4.26. The third kappa shape index (κ3) is 2.76. The molecule has 7 nitrogen and oxygen atoms in total. The molecule has 0 saturated carbocycles. The highest BCUT2D eigenvalue weighted by Gasteiger charge is 2.47. The van der Waals surface area contributed by atoms with Gasteiger partial charge in [-0.15, -0.1) is 11.3 Å². The number of aryl methyl sites for hydroxylation is 1. The smallest absolute Gasteiger partial charge is 0.260 e. The highest BCUT2D eigenvalue weighted by Crippen LogP contribution is 2.38. The predicted molar refractivity (Wildman–Crippen MR) is 93.1 cm³/mol. The number of hydrogen-bond acceptors (Lipinski definition) is 7. The van der Waals surface area contributed by atoms with Crippen molar-refractivity contribution in [2.45, 2.75) is 23.8 Å². The third-order valence-corrected chi connectivity index (χ3v) is 7.49. The van der Waals surface area contributed by atoms with E-state index in [0.717, 1.165) is 4.70 Å². The second-order valence-corrected chi connectivity index (χ2v) is 9.26. The molecule has 0 spiro atoms. The monoisotopic (exact) mass is 399 g/mol. The molecule has 4 rings (SSSR count). The van der Waals surface area contributed by atoms with E-state index < -0.39 is 15.6 Å². The van der Waals surface area contributed by atoms with Crippen molar-refractivity contribution in [2.24, 2.45) is 0 Å². The minimum absolute atomic E-state index is 0.0425. The first kappa shape index (κ1) is 16.9. The Morgan fingerprint density at radius 3 is 2.96 bits per heavy atom. The van der Waals surface area contributed by atoms with E-state index in [9.17, 15) is 13.5 Å². The molecule has 3 aromatic rings. The van der Waals surface area contributed by atoms with E-state index in [1.54, 1.807) is 30.5 Å². The van der Waals surface area contributed by atoms with Crippen LogP contribution in [0.2, 0.25) is 5.02 Å². The van der Waals surface area contributed by atoms with Crippen LogP contribution in [0.15, 0.2) is 33.0 Å². The van der Waals surface area contributed by atoms with Crippen molar-refractivity contribution >= 4 is 43.0 Å². The van der Waals surface area contributed by atoms with E-state index in [2.05, 4.69) is 10.1 Å². The van der Waals surface area contributed by atoms with Crippen molar-refractivity contribution in [2.75, 3.05) is 13.1 Å². The van der Waals surface area contributed by atoms with E-state index in [-0.39, 0.29) is 30.3 Å². The molecule has 0 radical (unpaired) electrons. The Kier molecular flexibility index (Phi) is 3.89. The highest BCUT2D eigenvalue weighted by molar-refractivity contribution is 7.89. The van der Waals surface area contributed by atoms with E-state index >= 15 is 0 Å². The van der Waals surface area contributed by atoms with Crippen LogP contribution in [0.25, 0.3) is 10.1 Å². The number of benzene rings is 1. The van der Waals surface area contributed by atoms with E-state index in [0.29, 0.717) is 16.2 Å². The van der Waals surface area contributed by atoms with Crippen LogP contribution in [0.3, 0.4) is 0 Å². The summed E-state index contributed by atoms with van der Waals surface area (Å²) in [6.45, 7) is 1.67. The lowest BCUT2D eigenvalue weighted by Gasteiger charge is -2.19. The first-order valence-electron chi connectivity index (χ1n) is 7.50. The standard InChI is InChI=1S/C15H14ClN3O4S2/c1-9-17-14(23-18-9)15(20)4-5-19(8-15)25(21,22)13-7-24-12-3-2-10(16)6-11(12)13/h2-3,6-7,20H,4-5,8H2,1H3. The summed E-state index contributed by atoms with van der Waals surface area (Å²) >= 11 is 7.35. The van der Waals surface area contributed by atoms with Crippen LogP contribution in [0.1, 0.15) is 18.1 Å². The number of thiophene rings is 1. The Balaban J connectivity index is 1.70. The summed E-state index contributed by atoms with van der Waals surface area (Å²) in [5.41, 5.74) is -1.47. The minimum atomic E-state index is -3.78. The number of halogens is 1. The Bertz CT molecular complexity index is 1060. The van der Waals surface area contributed by atoms with Crippen LogP contribution in [0.4, 0.5) is 0 Å². The molecule has 1 saturated heterocycles. The number of hydrogen-bond donors (Lipinski definition) is 1. The van der Waals surface area contributed by atoms with Gasteiger partial charge in [0.05, 0.1) is 6.54 Å². The molecule has 1 N–H and O–H groups in total. The van der Waals surface area contributed by atoms with Crippen LogP contribution in [-0.4, -0.2) is 41.1 Å².